The predicted octanol–water partition coefficient (Wildman–Crippen LogP) is 1.28. The van der Waals surface area contributed by atoms with Gasteiger partial charge in [0.15, 0.2) is 0 Å². The van der Waals surface area contributed by atoms with Crippen molar-refractivity contribution in [1.82, 2.24) is 9.78 Å². The van der Waals surface area contributed by atoms with Crippen LogP contribution in [0.1, 0.15) is 36.8 Å². The molecule has 0 bridgehead atoms. The van der Waals surface area contributed by atoms with Gasteiger partial charge in [0.1, 0.15) is 0 Å². The van der Waals surface area contributed by atoms with Gasteiger partial charge in [0.2, 0.25) is 5.78 Å². The zero-order valence-corrected chi connectivity index (χ0v) is 9.94. The molecule has 5 nitrogen and oxygen atoms in total. The first-order valence-corrected chi connectivity index (χ1v) is 5.15. The molecule has 0 saturated heterocycles. The number of ketones is 1. The van der Waals surface area contributed by atoms with Crippen molar-refractivity contribution < 1.29 is 14.7 Å². The first-order valence-electron chi connectivity index (χ1n) is 5.15. The summed E-state index contributed by atoms with van der Waals surface area (Å²) in [6.45, 7) is 7.62. The lowest BCUT2D eigenvalue weighted by Crippen LogP contribution is -2.16. The Morgan fingerprint density at radius 2 is 1.94 bits per heavy atom. The molecular weight excluding hydrogens is 208 g/mol. The van der Waals surface area contributed by atoms with Crippen molar-refractivity contribution in [3.8, 4) is 0 Å². The van der Waals surface area contributed by atoms with Crippen molar-refractivity contribution in [3.05, 3.63) is 17.0 Å². The maximum Gasteiger partial charge on any atom is 0.372 e. The smallest absolute Gasteiger partial charge is 0.372 e. The molecule has 0 aliphatic rings. The van der Waals surface area contributed by atoms with E-state index < -0.39 is 11.8 Å². The molecular formula is C11H16N2O3. The molecule has 0 aliphatic carbocycles. The molecule has 1 aromatic heterocycles. The molecule has 0 saturated carbocycles. The van der Waals surface area contributed by atoms with Crippen LogP contribution in [-0.2, 0) is 16.0 Å². The fourth-order valence-electron chi connectivity index (χ4n) is 1.69. The minimum Gasteiger partial charge on any atom is -0.475 e. The number of rotatable bonds is 4. The van der Waals surface area contributed by atoms with Crippen LogP contribution in [0.5, 0.6) is 0 Å². The van der Waals surface area contributed by atoms with E-state index in [4.69, 9.17) is 5.11 Å². The molecule has 1 aromatic rings. The summed E-state index contributed by atoms with van der Waals surface area (Å²) < 4.78 is 1.81. The van der Waals surface area contributed by atoms with E-state index in [1.807, 2.05) is 20.8 Å². The number of carboxylic acid groups (broad SMARTS) is 1. The lowest BCUT2D eigenvalue weighted by Gasteiger charge is -2.08. The normalized spacial score (nSPS) is 10.8. The van der Waals surface area contributed by atoms with Gasteiger partial charge in [0.25, 0.3) is 0 Å². The lowest BCUT2D eigenvalue weighted by molar-refractivity contribution is -0.148. The Labute approximate surface area is 94.1 Å². The van der Waals surface area contributed by atoms with Gasteiger partial charge in [-0.05, 0) is 27.7 Å². The minimum atomic E-state index is -1.39. The van der Waals surface area contributed by atoms with E-state index in [1.54, 1.807) is 11.6 Å². The number of hydrogen-bond donors (Lipinski definition) is 1. The van der Waals surface area contributed by atoms with Crippen LogP contribution in [0.15, 0.2) is 0 Å². The van der Waals surface area contributed by atoms with Gasteiger partial charge in [-0.1, -0.05) is 0 Å². The van der Waals surface area contributed by atoms with E-state index in [1.165, 1.54) is 0 Å². The second-order valence-electron chi connectivity index (χ2n) is 4.09. The number of aromatic nitrogens is 2. The number of nitrogens with zero attached hydrogens (tertiary/aromatic N) is 2. The Morgan fingerprint density at radius 3 is 2.31 bits per heavy atom. The molecule has 0 amide bonds. The average Bonchev–Trinajstić information content (AvgIpc) is 2.45. The van der Waals surface area contributed by atoms with Gasteiger partial charge >= 0.3 is 5.97 Å². The van der Waals surface area contributed by atoms with Crippen molar-refractivity contribution in [2.75, 3.05) is 0 Å². The molecule has 0 aromatic carbocycles. The van der Waals surface area contributed by atoms with Crippen LogP contribution in [0.4, 0.5) is 0 Å². The van der Waals surface area contributed by atoms with Crippen molar-refractivity contribution in [3.63, 3.8) is 0 Å². The highest BCUT2D eigenvalue weighted by Gasteiger charge is 2.19. The Hall–Kier alpha value is -1.65. The number of carbonyl (C=O) groups excluding carboxylic acids is 1. The lowest BCUT2D eigenvalue weighted by atomic mass is 10.1. The SMILES string of the molecule is Cc1nn(C(C)C)c(C)c1CC(=O)C(=O)O. The number of carboxylic acids is 1. The monoisotopic (exact) mass is 224 g/mol. The molecule has 1 heterocycles. The van der Waals surface area contributed by atoms with Gasteiger partial charge in [-0.15, -0.1) is 0 Å². The average molecular weight is 224 g/mol. The van der Waals surface area contributed by atoms with Crippen LogP contribution in [0.25, 0.3) is 0 Å². The zero-order chi connectivity index (χ0) is 12.5. The van der Waals surface area contributed by atoms with Crippen LogP contribution >= 0.6 is 0 Å². The number of Topliss-reactive ketones (excluding diaryl/α,β-unsaturated/α-hetero) is 1. The van der Waals surface area contributed by atoms with Gasteiger partial charge in [-0.25, -0.2) is 4.79 Å². The molecule has 0 atom stereocenters. The summed E-state index contributed by atoms with van der Waals surface area (Å²) in [6.07, 6.45) is -0.0836. The fraction of sp³-hybridized carbons (Fsp3) is 0.545. The summed E-state index contributed by atoms with van der Waals surface area (Å²) in [5.41, 5.74) is 2.31. The largest absolute Gasteiger partial charge is 0.475 e. The molecule has 0 unspecified atom stereocenters. The molecule has 5 heteroatoms. The summed E-state index contributed by atoms with van der Waals surface area (Å²) in [4.78, 5) is 21.6. The Morgan fingerprint density at radius 1 is 1.38 bits per heavy atom. The van der Waals surface area contributed by atoms with Gasteiger partial charge in [-0.2, -0.15) is 5.10 Å². The molecule has 0 radical (unpaired) electrons. The van der Waals surface area contributed by atoms with Crippen molar-refractivity contribution >= 4 is 11.8 Å². The molecule has 0 aliphatic heterocycles. The van der Waals surface area contributed by atoms with Gasteiger partial charge in [0, 0.05) is 23.7 Å². The molecule has 0 fully saturated rings. The number of aliphatic carboxylic acids is 1. The molecule has 1 rings (SSSR count). The third-order valence-corrected chi connectivity index (χ3v) is 2.54. The summed E-state index contributed by atoms with van der Waals surface area (Å²) >= 11 is 0. The van der Waals surface area contributed by atoms with E-state index in [0.717, 1.165) is 17.0 Å². The molecule has 1 N–H and O–H groups in total. The van der Waals surface area contributed by atoms with Gasteiger partial charge < -0.3 is 5.11 Å². The summed E-state index contributed by atoms with van der Waals surface area (Å²) in [6, 6.07) is 0.201. The first-order chi connectivity index (χ1) is 7.34. The van der Waals surface area contributed by atoms with Crippen LogP contribution in [0.2, 0.25) is 0 Å². The van der Waals surface area contributed by atoms with E-state index in [0.29, 0.717) is 0 Å². The van der Waals surface area contributed by atoms with Crippen molar-refractivity contribution in [1.29, 1.82) is 0 Å². The summed E-state index contributed by atoms with van der Waals surface area (Å²) in [7, 11) is 0. The molecule has 88 valence electrons. The maximum absolute atomic E-state index is 11.2. The van der Waals surface area contributed by atoms with Crippen LogP contribution in [-0.4, -0.2) is 26.6 Å². The summed E-state index contributed by atoms with van der Waals surface area (Å²) in [5, 5.41) is 12.9. The molecule has 16 heavy (non-hydrogen) atoms. The highest BCUT2D eigenvalue weighted by molar-refractivity contribution is 6.33. The first kappa shape index (κ1) is 12.4. The van der Waals surface area contributed by atoms with Crippen LogP contribution in [0.3, 0.4) is 0 Å². The maximum atomic E-state index is 11.2. The zero-order valence-electron chi connectivity index (χ0n) is 9.94. The predicted molar refractivity (Wildman–Crippen MR) is 58.4 cm³/mol. The second kappa shape index (κ2) is 4.47. The highest BCUT2D eigenvalue weighted by atomic mass is 16.4. The van der Waals surface area contributed by atoms with Crippen molar-refractivity contribution in [2.24, 2.45) is 0 Å². The van der Waals surface area contributed by atoms with E-state index >= 15 is 0 Å². The fourth-order valence-corrected chi connectivity index (χ4v) is 1.69. The highest BCUT2D eigenvalue weighted by Crippen LogP contribution is 2.17. The number of aryl methyl sites for hydroxylation is 1. The minimum absolute atomic E-state index is 0.0836. The van der Waals surface area contributed by atoms with E-state index in [9.17, 15) is 9.59 Å². The van der Waals surface area contributed by atoms with E-state index in [2.05, 4.69) is 5.10 Å². The second-order valence-corrected chi connectivity index (χ2v) is 4.09. The van der Waals surface area contributed by atoms with Gasteiger partial charge in [0.05, 0.1) is 5.69 Å². The number of hydrogen-bond acceptors (Lipinski definition) is 3. The summed E-state index contributed by atoms with van der Waals surface area (Å²) in [5.74, 6) is -2.19. The van der Waals surface area contributed by atoms with Crippen LogP contribution in [0, 0.1) is 13.8 Å². The van der Waals surface area contributed by atoms with E-state index in [-0.39, 0.29) is 12.5 Å². The van der Waals surface area contributed by atoms with Crippen LogP contribution < -0.4 is 0 Å². The van der Waals surface area contributed by atoms with Crippen molar-refractivity contribution in [2.45, 2.75) is 40.2 Å². The third-order valence-electron chi connectivity index (χ3n) is 2.54. The number of carbonyl (C=O) groups is 2. The Kier molecular flexibility index (Phi) is 3.47. The Balaban J connectivity index is 3.06. The topological polar surface area (TPSA) is 72.2 Å². The van der Waals surface area contributed by atoms with Gasteiger partial charge in [-0.3, -0.25) is 9.48 Å². The quantitative estimate of drug-likeness (QED) is 0.782. The standard InChI is InChI=1S/C11H16N2O3/c1-6(2)13-8(4)9(7(3)12-13)5-10(14)11(15)16/h6H,5H2,1-4H3,(H,15,16). The Bertz CT molecular complexity index is 433. The molecule has 0 spiro atoms. The third kappa shape index (κ3) is 2.29.